The van der Waals surface area contributed by atoms with Crippen LogP contribution in [0.2, 0.25) is 0 Å². The number of hydrogen-bond donors (Lipinski definition) is 1. The number of ether oxygens (including phenoxy) is 1. The fourth-order valence-electron chi connectivity index (χ4n) is 2.86. The maximum Gasteiger partial charge on any atom is 0.233 e. The molecule has 5 heteroatoms. The quantitative estimate of drug-likeness (QED) is 0.576. The van der Waals surface area contributed by atoms with E-state index in [0.29, 0.717) is 0 Å². The molecule has 1 fully saturated rings. The number of carbonyl (C=O) groups excluding carboxylic acids is 1. The minimum absolute atomic E-state index is 0.0887. The zero-order valence-corrected chi connectivity index (χ0v) is 15.9. The monoisotopic (exact) mass is 350 g/mol. The molecular weight excluding hydrogens is 320 g/mol. The van der Waals surface area contributed by atoms with E-state index in [4.69, 9.17) is 4.74 Å². The Labute approximate surface area is 150 Å². The fourth-order valence-corrected chi connectivity index (χ4v) is 3.75. The van der Waals surface area contributed by atoms with Gasteiger partial charge in [0.05, 0.1) is 12.4 Å². The zero-order chi connectivity index (χ0) is 17.4. The summed E-state index contributed by atoms with van der Waals surface area (Å²) in [7, 11) is 1.66. The van der Waals surface area contributed by atoms with Gasteiger partial charge in [0.15, 0.2) is 0 Å². The number of thioether (sulfide) groups is 1. The van der Waals surface area contributed by atoms with Crippen LogP contribution in [0.3, 0.4) is 0 Å². The van der Waals surface area contributed by atoms with Crippen LogP contribution in [0, 0.1) is 5.92 Å². The van der Waals surface area contributed by atoms with Crippen molar-refractivity contribution in [2.45, 2.75) is 43.3 Å². The molecule has 1 saturated heterocycles. The van der Waals surface area contributed by atoms with Gasteiger partial charge in [0.25, 0.3) is 0 Å². The number of amides is 1. The smallest absolute Gasteiger partial charge is 0.233 e. The van der Waals surface area contributed by atoms with Gasteiger partial charge in [0.2, 0.25) is 5.91 Å². The molecule has 1 atom stereocenters. The number of rotatable bonds is 8. The Hall–Kier alpha value is -1.20. The molecule has 1 amide bonds. The summed E-state index contributed by atoms with van der Waals surface area (Å²) in [5, 5.41) is 2.97. The van der Waals surface area contributed by atoms with Crippen LogP contribution in [0.4, 0.5) is 0 Å². The summed E-state index contributed by atoms with van der Waals surface area (Å²) < 4.78 is 5.15. The van der Waals surface area contributed by atoms with Crippen LogP contribution >= 0.6 is 11.8 Å². The molecule has 0 saturated carbocycles. The highest BCUT2D eigenvalue weighted by atomic mass is 32.2. The highest BCUT2D eigenvalue weighted by molar-refractivity contribution is 8.00. The standard InChI is InChI=1S/C19H30N2O2S/c1-15-9-13-21(14-10-15)12-4-11-20-19(22)16(2)24-18-7-5-17(23-3)6-8-18/h5-8,15-16H,4,9-14H2,1-3H3,(H,20,22)/t16-/m0/s1. The Morgan fingerprint density at radius 1 is 1.33 bits per heavy atom. The van der Waals surface area contributed by atoms with Crippen LogP contribution in [-0.4, -0.2) is 49.3 Å². The third-order valence-corrected chi connectivity index (χ3v) is 5.68. The van der Waals surface area contributed by atoms with Crippen molar-refractivity contribution in [3.63, 3.8) is 0 Å². The molecular formula is C19H30N2O2S. The van der Waals surface area contributed by atoms with Crippen LogP contribution in [0.25, 0.3) is 0 Å². The van der Waals surface area contributed by atoms with Gasteiger partial charge in [0, 0.05) is 11.4 Å². The van der Waals surface area contributed by atoms with Crippen LogP contribution in [0.5, 0.6) is 5.75 Å². The first-order valence-electron chi connectivity index (χ1n) is 8.89. The molecule has 1 heterocycles. The van der Waals surface area contributed by atoms with E-state index in [1.165, 1.54) is 25.9 Å². The van der Waals surface area contributed by atoms with Gasteiger partial charge >= 0.3 is 0 Å². The highest BCUT2D eigenvalue weighted by Gasteiger charge is 2.16. The SMILES string of the molecule is COc1ccc(S[C@@H](C)C(=O)NCCCN2CCC(C)CC2)cc1. The lowest BCUT2D eigenvalue weighted by Gasteiger charge is -2.30. The van der Waals surface area contributed by atoms with Crippen molar-refractivity contribution in [1.82, 2.24) is 10.2 Å². The average Bonchev–Trinajstić information content (AvgIpc) is 2.60. The van der Waals surface area contributed by atoms with Gasteiger partial charge in [-0.1, -0.05) is 6.92 Å². The van der Waals surface area contributed by atoms with E-state index in [2.05, 4.69) is 17.1 Å². The Balaban J connectivity index is 1.62. The van der Waals surface area contributed by atoms with Crippen LogP contribution in [0.15, 0.2) is 29.2 Å². The number of benzene rings is 1. The molecule has 1 aromatic rings. The van der Waals surface area contributed by atoms with Crippen LogP contribution in [-0.2, 0) is 4.79 Å². The molecule has 0 bridgehead atoms. The van der Waals surface area contributed by atoms with Gasteiger partial charge in [-0.3, -0.25) is 4.79 Å². The number of nitrogens with zero attached hydrogens (tertiary/aromatic N) is 1. The van der Waals surface area contributed by atoms with Crippen molar-refractivity contribution in [1.29, 1.82) is 0 Å². The molecule has 4 nitrogen and oxygen atoms in total. The summed E-state index contributed by atoms with van der Waals surface area (Å²) in [4.78, 5) is 15.8. The van der Waals surface area contributed by atoms with E-state index in [1.54, 1.807) is 18.9 Å². The van der Waals surface area contributed by atoms with Gasteiger partial charge in [-0.05, 0) is 76.0 Å². The summed E-state index contributed by atoms with van der Waals surface area (Å²) in [6.45, 7) is 8.55. The van der Waals surface area contributed by atoms with Crippen molar-refractivity contribution in [3.05, 3.63) is 24.3 Å². The van der Waals surface area contributed by atoms with Crippen molar-refractivity contribution in [2.75, 3.05) is 33.3 Å². The van der Waals surface area contributed by atoms with Gasteiger partial charge < -0.3 is 15.0 Å². The maximum absolute atomic E-state index is 12.2. The van der Waals surface area contributed by atoms with Gasteiger partial charge in [-0.15, -0.1) is 11.8 Å². The normalized spacial score (nSPS) is 17.5. The summed E-state index contributed by atoms with van der Waals surface area (Å²) in [6, 6.07) is 7.83. The number of hydrogen-bond acceptors (Lipinski definition) is 4. The molecule has 0 aliphatic carbocycles. The number of nitrogens with one attached hydrogen (secondary N) is 1. The molecule has 1 aromatic carbocycles. The molecule has 24 heavy (non-hydrogen) atoms. The largest absolute Gasteiger partial charge is 0.497 e. The molecule has 1 aliphatic heterocycles. The van der Waals surface area contributed by atoms with Gasteiger partial charge in [-0.25, -0.2) is 0 Å². The summed E-state index contributed by atoms with van der Waals surface area (Å²) in [5.74, 6) is 1.82. The molecule has 0 spiro atoms. The number of methoxy groups -OCH3 is 1. The second kappa shape index (κ2) is 9.94. The molecule has 2 rings (SSSR count). The Morgan fingerprint density at radius 2 is 2.00 bits per heavy atom. The lowest BCUT2D eigenvalue weighted by Crippen LogP contribution is -2.36. The van der Waals surface area contributed by atoms with Crippen molar-refractivity contribution < 1.29 is 9.53 Å². The Morgan fingerprint density at radius 3 is 2.62 bits per heavy atom. The highest BCUT2D eigenvalue weighted by Crippen LogP contribution is 2.25. The van der Waals surface area contributed by atoms with E-state index in [9.17, 15) is 4.79 Å². The lowest BCUT2D eigenvalue weighted by atomic mass is 9.99. The summed E-state index contributed by atoms with van der Waals surface area (Å²) in [5.41, 5.74) is 0. The third kappa shape index (κ3) is 6.36. The van der Waals surface area contributed by atoms with E-state index in [-0.39, 0.29) is 11.2 Å². The molecule has 1 N–H and O–H groups in total. The minimum atomic E-state index is -0.0887. The molecule has 0 aromatic heterocycles. The topological polar surface area (TPSA) is 41.6 Å². The van der Waals surface area contributed by atoms with Crippen molar-refractivity contribution in [2.24, 2.45) is 5.92 Å². The Kier molecular flexibility index (Phi) is 7.92. The minimum Gasteiger partial charge on any atom is -0.497 e. The number of likely N-dealkylation sites (tertiary alicyclic amines) is 1. The van der Waals surface area contributed by atoms with E-state index >= 15 is 0 Å². The maximum atomic E-state index is 12.2. The molecule has 0 radical (unpaired) electrons. The predicted molar refractivity (Wildman–Crippen MR) is 101 cm³/mol. The number of carbonyl (C=O) groups is 1. The lowest BCUT2D eigenvalue weighted by molar-refractivity contribution is -0.120. The summed E-state index contributed by atoms with van der Waals surface area (Å²) in [6.07, 6.45) is 3.64. The zero-order valence-electron chi connectivity index (χ0n) is 15.1. The van der Waals surface area contributed by atoms with Crippen LogP contribution in [0.1, 0.15) is 33.1 Å². The third-order valence-electron chi connectivity index (χ3n) is 4.57. The first-order chi connectivity index (χ1) is 11.6. The Bertz CT molecular complexity index is 499. The second-order valence-electron chi connectivity index (χ2n) is 6.60. The van der Waals surface area contributed by atoms with Gasteiger partial charge in [-0.2, -0.15) is 0 Å². The van der Waals surface area contributed by atoms with Crippen LogP contribution < -0.4 is 10.1 Å². The van der Waals surface area contributed by atoms with Crippen molar-refractivity contribution >= 4 is 17.7 Å². The molecule has 134 valence electrons. The van der Waals surface area contributed by atoms with Crippen molar-refractivity contribution in [3.8, 4) is 5.75 Å². The second-order valence-corrected chi connectivity index (χ2v) is 8.02. The first-order valence-corrected chi connectivity index (χ1v) is 9.77. The van der Waals surface area contributed by atoms with E-state index < -0.39 is 0 Å². The number of piperidine rings is 1. The van der Waals surface area contributed by atoms with Gasteiger partial charge in [0.1, 0.15) is 5.75 Å². The molecule has 0 unspecified atom stereocenters. The first kappa shape index (κ1) is 19.1. The van der Waals surface area contributed by atoms with E-state index in [0.717, 1.165) is 36.1 Å². The average molecular weight is 351 g/mol. The summed E-state index contributed by atoms with van der Waals surface area (Å²) >= 11 is 1.58. The predicted octanol–water partition coefficient (Wildman–Crippen LogP) is 3.41. The molecule has 1 aliphatic rings. The fraction of sp³-hybridized carbons (Fsp3) is 0.632. The van der Waals surface area contributed by atoms with E-state index in [1.807, 2.05) is 31.2 Å².